The molecule has 1 amide bonds. The molecule has 0 saturated carbocycles. The lowest BCUT2D eigenvalue weighted by Crippen LogP contribution is -2.30. The molecule has 4 heteroatoms. The van der Waals surface area contributed by atoms with Crippen LogP contribution in [0.3, 0.4) is 0 Å². The first-order chi connectivity index (χ1) is 9.65. The summed E-state index contributed by atoms with van der Waals surface area (Å²) in [5.41, 5.74) is 2.02. The Kier molecular flexibility index (Phi) is 3.30. The standard InChI is InChI=1S/C16H16FNO2/c1-10-9-11(5-6-13(10)17)16(19)18-14-3-2-4-15-12(14)7-8-20-15/h5-9,14H,2-4H2,1H3,(H,18,19). The minimum absolute atomic E-state index is 0.0182. The second-order valence-electron chi connectivity index (χ2n) is 5.18. The maximum absolute atomic E-state index is 13.2. The molecule has 0 aliphatic heterocycles. The lowest BCUT2D eigenvalue weighted by molar-refractivity contribution is 0.0932. The number of benzene rings is 1. The van der Waals surface area contributed by atoms with Crippen molar-refractivity contribution in [2.24, 2.45) is 0 Å². The molecule has 1 heterocycles. The summed E-state index contributed by atoms with van der Waals surface area (Å²) < 4.78 is 18.6. The van der Waals surface area contributed by atoms with Gasteiger partial charge in [-0.15, -0.1) is 0 Å². The number of carbonyl (C=O) groups is 1. The monoisotopic (exact) mass is 273 g/mol. The number of halogens is 1. The molecule has 1 atom stereocenters. The Labute approximate surface area is 116 Å². The summed E-state index contributed by atoms with van der Waals surface area (Å²) in [7, 11) is 0. The fourth-order valence-electron chi connectivity index (χ4n) is 2.66. The Hall–Kier alpha value is -2.10. The van der Waals surface area contributed by atoms with Crippen LogP contribution >= 0.6 is 0 Å². The molecular weight excluding hydrogens is 257 g/mol. The summed E-state index contributed by atoms with van der Waals surface area (Å²) in [6.45, 7) is 1.65. The number of nitrogens with one attached hydrogen (secondary N) is 1. The summed E-state index contributed by atoms with van der Waals surface area (Å²) >= 11 is 0. The SMILES string of the molecule is Cc1cc(C(=O)NC2CCCc3occc32)ccc1F. The van der Waals surface area contributed by atoms with Crippen molar-refractivity contribution in [1.29, 1.82) is 0 Å². The van der Waals surface area contributed by atoms with Crippen LogP contribution < -0.4 is 5.32 Å². The van der Waals surface area contributed by atoms with E-state index in [0.29, 0.717) is 11.1 Å². The van der Waals surface area contributed by atoms with Gasteiger partial charge in [0, 0.05) is 17.5 Å². The number of hydrogen-bond acceptors (Lipinski definition) is 2. The van der Waals surface area contributed by atoms with Crippen molar-refractivity contribution >= 4 is 5.91 Å². The van der Waals surface area contributed by atoms with E-state index in [2.05, 4.69) is 5.32 Å². The third-order valence-corrected chi connectivity index (χ3v) is 3.78. The number of fused-ring (bicyclic) bond motifs is 1. The number of aryl methyl sites for hydroxylation is 2. The first kappa shape index (κ1) is 12.9. The maximum Gasteiger partial charge on any atom is 0.251 e. The van der Waals surface area contributed by atoms with E-state index in [1.54, 1.807) is 19.3 Å². The second-order valence-corrected chi connectivity index (χ2v) is 5.18. The number of furan rings is 1. The molecule has 20 heavy (non-hydrogen) atoms. The molecule has 104 valence electrons. The van der Waals surface area contributed by atoms with Gasteiger partial charge in [0.1, 0.15) is 11.6 Å². The van der Waals surface area contributed by atoms with Crippen LogP contribution in [0.15, 0.2) is 34.9 Å². The van der Waals surface area contributed by atoms with E-state index in [0.717, 1.165) is 30.6 Å². The van der Waals surface area contributed by atoms with E-state index in [9.17, 15) is 9.18 Å². The molecule has 1 aliphatic rings. The topological polar surface area (TPSA) is 42.2 Å². The fraction of sp³-hybridized carbons (Fsp3) is 0.312. The van der Waals surface area contributed by atoms with E-state index < -0.39 is 0 Å². The van der Waals surface area contributed by atoms with Crippen molar-refractivity contribution in [2.45, 2.75) is 32.2 Å². The van der Waals surface area contributed by atoms with Gasteiger partial charge in [0.25, 0.3) is 5.91 Å². The minimum atomic E-state index is -0.295. The lowest BCUT2D eigenvalue weighted by atomic mass is 9.93. The van der Waals surface area contributed by atoms with Gasteiger partial charge < -0.3 is 9.73 Å². The largest absolute Gasteiger partial charge is 0.469 e. The molecule has 2 aromatic rings. The Morgan fingerprint density at radius 3 is 3.05 bits per heavy atom. The minimum Gasteiger partial charge on any atom is -0.469 e. The van der Waals surface area contributed by atoms with Crippen LogP contribution in [0.1, 0.15) is 46.1 Å². The molecule has 0 spiro atoms. The highest BCUT2D eigenvalue weighted by molar-refractivity contribution is 5.94. The van der Waals surface area contributed by atoms with Crippen LogP contribution in [0.5, 0.6) is 0 Å². The van der Waals surface area contributed by atoms with Gasteiger partial charge in [-0.1, -0.05) is 0 Å². The zero-order valence-electron chi connectivity index (χ0n) is 11.3. The zero-order valence-corrected chi connectivity index (χ0v) is 11.3. The van der Waals surface area contributed by atoms with Crippen LogP contribution in [0.2, 0.25) is 0 Å². The van der Waals surface area contributed by atoms with E-state index in [-0.39, 0.29) is 17.8 Å². The predicted octanol–water partition coefficient (Wildman–Crippen LogP) is 3.53. The van der Waals surface area contributed by atoms with Gasteiger partial charge in [-0.3, -0.25) is 4.79 Å². The van der Waals surface area contributed by atoms with Gasteiger partial charge in [-0.25, -0.2) is 4.39 Å². The van der Waals surface area contributed by atoms with Gasteiger partial charge in [0.15, 0.2) is 0 Å². The third-order valence-electron chi connectivity index (χ3n) is 3.78. The smallest absolute Gasteiger partial charge is 0.251 e. The molecule has 3 nitrogen and oxygen atoms in total. The zero-order chi connectivity index (χ0) is 14.1. The summed E-state index contributed by atoms with van der Waals surface area (Å²) in [5, 5.41) is 3.00. The number of rotatable bonds is 2. The molecular formula is C16H16FNO2. The van der Waals surface area contributed by atoms with E-state index in [1.807, 2.05) is 6.07 Å². The number of carbonyl (C=O) groups excluding carboxylic acids is 1. The number of amides is 1. The van der Waals surface area contributed by atoms with E-state index >= 15 is 0 Å². The van der Waals surface area contributed by atoms with Gasteiger partial charge in [0.2, 0.25) is 0 Å². The van der Waals surface area contributed by atoms with Gasteiger partial charge in [-0.05, 0) is 49.6 Å². The van der Waals surface area contributed by atoms with Gasteiger partial charge in [-0.2, -0.15) is 0 Å². The normalized spacial score (nSPS) is 17.6. The van der Waals surface area contributed by atoms with Crippen molar-refractivity contribution < 1.29 is 13.6 Å². The molecule has 1 unspecified atom stereocenters. The average molecular weight is 273 g/mol. The highest BCUT2D eigenvalue weighted by Crippen LogP contribution is 2.30. The summed E-state index contributed by atoms with van der Waals surface area (Å²) in [6.07, 6.45) is 4.48. The molecule has 1 aromatic carbocycles. The first-order valence-electron chi connectivity index (χ1n) is 6.78. The molecule has 3 rings (SSSR count). The maximum atomic E-state index is 13.2. The Bertz CT molecular complexity index is 648. The van der Waals surface area contributed by atoms with E-state index in [1.165, 1.54) is 12.1 Å². The van der Waals surface area contributed by atoms with Crippen molar-refractivity contribution in [2.75, 3.05) is 0 Å². The summed E-state index contributed by atoms with van der Waals surface area (Å²) in [6, 6.07) is 6.31. The van der Waals surface area contributed by atoms with Crippen LogP contribution in [0.4, 0.5) is 4.39 Å². The van der Waals surface area contributed by atoms with Gasteiger partial charge in [0.05, 0.1) is 12.3 Å². The second kappa shape index (κ2) is 5.12. The Morgan fingerprint density at radius 2 is 2.25 bits per heavy atom. The van der Waals surface area contributed by atoms with Crippen LogP contribution in [-0.4, -0.2) is 5.91 Å². The fourth-order valence-corrected chi connectivity index (χ4v) is 2.66. The molecule has 0 bridgehead atoms. The van der Waals surface area contributed by atoms with Crippen LogP contribution in [0, 0.1) is 12.7 Å². The average Bonchev–Trinajstić information content (AvgIpc) is 2.91. The van der Waals surface area contributed by atoms with Crippen molar-refractivity contribution in [3.8, 4) is 0 Å². The molecule has 1 aliphatic carbocycles. The van der Waals surface area contributed by atoms with Crippen LogP contribution in [0.25, 0.3) is 0 Å². The predicted molar refractivity (Wildman–Crippen MR) is 73.0 cm³/mol. The molecule has 1 aromatic heterocycles. The summed E-state index contributed by atoms with van der Waals surface area (Å²) in [4.78, 5) is 12.2. The number of hydrogen-bond donors (Lipinski definition) is 1. The Morgan fingerprint density at radius 1 is 1.40 bits per heavy atom. The van der Waals surface area contributed by atoms with Crippen molar-refractivity contribution in [3.05, 3.63) is 58.8 Å². The highest BCUT2D eigenvalue weighted by Gasteiger charge is 2.24. The van der Waals surface area contributed by atoms with Crippen molar-refractivity contribution in [1.82, 2.24) is 5.32 Å². The van der Waals surface area contributed by atoms with Crippen LogP contribution in [-0.2, 0) is 6.42 Å². The van der Waals surface area contributed by atoms with E-state index in [4.69, 9.17) is 4.42 Å². The Balaban J connectivity index is 1.79. The lowest BCUT2D eigenvalue weighted by Gasteiger charge is -2.22. The molecule has 0 saturated heterocycles. The summed E-state index contributed by atoms with van der Waals surface area (Å²) in [5.74, 6) is 0.486. The van der Waals surface area contributed by atoms with Gasteiger partial charge >= 0.3 is 0 Å². The molecule has 1 N–H and O–H groups in total. The quantitative estimate of drug-likeness (QED) is 0.909. The molecule has 0 radical (unpaired) electrons. The third kappa shape index (κ3) is 2.33. The first-order valence-corrected chi connectivity index (χ1v) is 6.78. The van der Waals surface area contributed by atoms with Crippen molar-refractivity contribution in [3.63, 3.8) is 0 Å². The molecule has 0 fully saturated rings. The highest BCUT2D eigenvalue weighted by atomic mass is 19.1.